The van der Waals surface area contributed by atoms with Crippen LogP contribution in [0.2, 0.25) is 4.34 Å². The lowest BCUT2D eigenvalue weighted by atomic mass is 10.1. The van der Waals surface area contributed by atoms with E-state index in [0.717, 1.165) is 28.4 Å². The van der Waals surface area contributed by atoms with Crippen LogP contribution in [0.25, 0.3) is 0 Å². The maximum Gasteiger partial charge on any atom is 0.512 e. The molecule has 1 fully saturated rings. The van der Waals surface area contributed by atoms with Gasteiger partial charge in [0.15, 0.2) is 10.8 Å². The molecule has 0 aromatic carbocycles. The van der Waals surface area contributed by atoms with Crippen molar-refractivity contribution in [1.82, 2.24) is 15.2 Å². The number of carbonyl (C=O) groups is 4. The number of ether oxygens (including phenoxy) is 1. The first-order valence-electron chi connectivity index (χ1n) is 8.57. The van der Waals surface area contributed by atoms with Crippen LogP contribution < -0.4 is 11.1 Å². The fourth-order valence-electron chi connectivity index (χ4n) is 2.66. The van der Waals surface area contributed by atoms with Crippen molar-refractivity contribution in [2.45, 2.75) is 11.4 Å². The van der Waals surface area contributed by atoms with Crippen LogP contribution in [0, 0.1) is 0 Å². The lowest BCUT2D eigenvalue weighted by Crippen LogP contribution is -2.70. The van der Waals surface area contributed by atoms with Crippen molar-refractivity contribution in [3.63, 3.8) is 0 Å². The number of hydrogen-bond donors (Lipinski definition) is 4. The number of hydrogen-bond acceptors (Lipinski definition) is 11. The van der Waals surface area contributed by atoms with Crippen LogP contribution in [0.3, 0.4) is 0 Å². The number of aliphatic carboxylic acids is 1. The van der Waals surface area contributed by atoms with Crippen LogP contribution in [0.15, 0.2) is 29.3 Å². The molecule has 0 saturated carbocycles. The minimum absolute atomic E-state index is 0.0507. The normalized spacial score (nSPS) is 20.3. The van der Waals surface area contributed by atoms with Crippen molar-refractivity contribution in [2.75, 3.05) is 18.1 Å². The van der Waals surface area contributed by atoms with E-state index in [1.165, 1.54) is 17.8 Å². The molecule has 3 heterocycles. The molecule has 0 aliphatic carbocycles. The molecule has 32 heavy (non-hydrogen) atoms. The number of nitrogens with one attached hydrogen (secondary N) is 1. The number of aromatic nitrogens is 1. The second kappa shape index (κ2) is 9.88. The van der Waals surface area contributed by atoms with E-state index in [9.17, 15) is 19.2 Å². The second-order valence-electron chi connectivity index (χ2n) is 5.94. The van der Waals surface area contributed by atoms with Gasteiger partial charge in [-0.25, -0.2) is 14.6 Å². The molecule has 1 saturated heterocycles. The first kappa shape index (κ1) is 23.4. The summed E-state index contributed by atoms with van der Waals surface area (Å²) in [6.07, 6.45) is 1.85. The summed E-state index contributed by atoms with van der Waals surface area (Å²) in [5.74, 6) is -2.40. The van der Waals surface area contributed by atoms with Crippen LogP contribution >= 0.6 is 34.7 Å². The van der Waals surface area contributed by atoms with Gasteiger partial charge in [-0.2, -0.15) is 0 Å². The van der Waals surface area contributed by atoms with Crippen LogP contribution in [0.5, 0.6) is 0 Å². The summed E-state index contributed by atoms with van der Waals surface area (Å²) in [4.78, 5) is 56.7. The van der Waals surface area contributed by atoms with Crippen molar-refractivity contribution in [1.29, 1.82) is 0 Å². The number of β-lactam (4-membered cyclic amide) rings is 1. The van der Waals surface area contributed by atoms with Gasteiger partial charge in [0, 0.05) is 11.8 Å². The van der Waals surface area contributed by atoms with Crippen molar-refractivity contribution in [3.8, 4) is 0 Å². The van der Waals surface area contributed by atoms with Gasteiger partial charge in [0.2, 0.25) is 5.88 Å². The molecule has 2 atom stereocenters. The number of nitrogen functional groups attached to an aromatic ring is 1. The number of nitrogens with zero attached hydrogens (tertiary/aromatic N) is 3. The summed E-state index contributed by atoms with van der Waals surface area (Å²) in [5.41, 5.74) is 5.16. The second-order valence-corrected chi connectivity index (χ2v) is 8.73. The van der Waals surface area contributed by atoms with Gasteiger partial charge in [0.25, 0.3) is 11.8 Å². The third-order valence-corrected chi connectivity index (χ3v) is 6.18. The minimum atomic E-state index is -1.57. The number of carbonyl (C=O) groups excluding carboxylic acids is 2. The fraction of sp³-hybridized carbons (Fsp3) is 0.250. The highest BCUT2D eigenvalue weighted by Crippen LogP contribution is 2.38. The van der Waals surface area contributed by atoms with E-state index in [1.54, 1.807) is 0 Å². The molecule has 1 aromatic rings. The number of carboxylic acids is 1. The number of halogens is 1. The summed E-state index contributed by atoms with van der Waals surface area (Å²) in [6.45, 7) is -0.268. The monoisotopic (exact) mass is 503 g/mol. The first-order valence-corrected chi connectivity index (χ1v) is 10.8. The molecule has 5 N–H and O–H groups in total. The van der Waals surface area contributed by atoms with Crippen molar-refractivity contribution in [2.24, 2.45) is 5.16 Å². The topological polar surface area (TPSA) is 194 Å². The molecule has 1 aromatic heterocycles. The quantitative estimate of drug-likeness (QED) is 0.0972. The van der Waals surface area contributed by atoms with Gasteiger partial charge in [-0.3, -0.25) is 14.5 Å². The maximum atomic E-state index is 12.9. The number of amides is 2. The largest absolute Gasteiger partial charge is 0.512 e. The number of oxime groups is 1. The molecule has 2 aliphatic heterocycles. The smallest absolute Gasteiger partial charge is 0.478 e. The zero-order chi connectivity index (χ0) is 23.4. The summed E-state index contributed by atoms with van der Waals surface area (Å²) in [7, 11) is 0. The maximum absolute atomic E-state index is 12.9. The standard InChI is InChI=1S/C16H14ClN5O8S2/c17-11-8(20-15(18)32-11)9(21-29-4-1-2-7(23)24)12(25)19-10-13(26)22-6(30-16(27)28)3-5-31-14(10)22/h1-3,10,14H,4-5H2,(H2,18,20)(H,19,25)(H,23,24)(H,27,28)/t10?,14-/m0/s1. The molecule has 170 valence electrons. The van der Waals surface area contributed by atoms with E-state index in [-0.39, 0.29) is 33.4 Å². The van der Waals surface area contributed by atoms with Gasteiger partial charge >= 0.3 is 12.1 Å². The van der Waals surface area contributed by atoms with Crippen molar-refractivity contribution < 1.29 is 39.0 Å². The van der Waals surface area contributed by atoms with E-state index in [2.05, 4.69) is 20.2 Å². The van der Waals surface area contributed by atoms with Gasteiger partial charge in [-0.1, -0.05) is 28.1 Å². The molecule has 1 unspecified atom stereocenters. The highest BCUT2D eigenvalue weighted by Gasteiger charge is 2.53. The predicted molar refractivity (Wildman–Crippen MR) is 113 cm³/mol. The third-order valence-electron chi connectivity index (χ3n) is 3.91. The van der Waals surface area contributed by atoms with E-state index < -0.39 is 35.4 Å². The Morgan fingerprint density at radius 2 is 2.19 bits per heavy atom. The third kappa shape index (κ3) is 5.12. The molecule has 0 radical (unpaired) electrons. The predicted octanol–water partition coefficient (Wildman–Crippen LogP) is 0.676. The fourth-order valence-corrected chi connectivity index (χ4v) is 4.76. The Morgan fingerprint density at radius 3 is 2.81 bits per heavy atom. The number of nitrogens with two attached hydrogens (primary N) is 1. The number of thioether (sulfide) groups is 1. The number of carboxylic acid groups (broad SMARTS) is 2. The van der Waals surface area contributed by atoms with Crippen LogP contribution in [-0.4, -0.2) is 73.5 Å². The molecular formula is C16H14ClN5O8S2. The Balaban J connectivity index is 1.75. The molecule has 2 aliphatic rings. The summed E-state index contributed by atoms with van der Waals surface area (Å²) >= 11 is 8.24. The Morgan fingerprint density at radius 1 is 1.44 bits per heavy atom. The first-order chi connectivity index (χ1) is 15.2. The van der Waals surface area contributed by atoms with Crippen LogP contribution in [-0.2, 0) is 24.0 Å². The van der Waals surface area contributed by atoms with Crippen molar-refractivity contribution in [3.05, 3.63) is 34.1 Å². The van der Waals surface area contributed by atoms with Gasteiger partial charge in [0.1, 0.15) is 28.1 Å². The zero-order valence-electron chi connectivity index (χ0n) is 15.8. The highest BCUT2D eigenvalue weighted by molar-refractivity contribution is 8.00. The molecule has 3 rings (SSSR count). The Labute approximate surface area is 192 Å². The number of fused-ring (bicyclic) bond motifs is 1. The summed E-state index contributed by atoms with van der Waals surface area (Å²) in [6, 6.07) is -1.000. The van der Waals surface area contributed by atoms with E-state index in [4.69, 9.17) is 32.4 Å². The molecule has 13 nitrogen and oxygen atoms in total. The SMILES string of the molecule is Nc1nc(C(=NOCC=CC(=O)O)C(=O)NC2C(=O)N3C(OC(=O)O)=CCS[C@@H]23)c(Cl)s1. The zero-order valence-corrected chi connectivity index (χ0v) is 18.1. The molecular weight excluding hydrogens is 490 g/mol. The van der Waals surface area contributed by atoms with E-state index >= 15 is 0 Å². The average Bonchev–Trinajstić information content (AvgIpc) is 3.05. The molecule has 16 heteroatoms. The summed E-state index contributed by atoms with van der Waals surface area (Å²) in [5, 5.41) is 23.0. The van der Waals surface area contributed by atoms with Gasteiger partial charge < -0.3 is 30.8 Å². The van der Waals surface area contributed by atoms with Crippen molar-refractivity contribution >= 4 is 69.5 Å². The van der Waals surface area contributed by atoms with Gasteiger partial charge in [0.05, 0.1) is 0 Å². The molecule has 2 amide bonds. The van der Waals surface area contributed by atoms with E-state index in [1.807, 2.05) is 0 Å². The van der Waals surface area contributed by atoms with Gasteiger partial charge in [-0.05, 0) is 12.2 Å². The van der Waals surface area contributed by atoms with Crippen LogP contribution in [0.4, 0.5) is 9.93 Å². The Bertz CT molecular complexity index is 1060. The number of rotatable bonds is 8. The van der Waals surface area contributed by atoms with Gasteiger partial charge in [-0.15, -0.1) is 11.8 Å². The Hall–Kier alpha value is -3.30. The number of thiazole rings is 1. The highest BCUT2D eigenvalue weighted by atomic mass is 35.5. The molecule has 0 bridgehead atoms. The molecule has 0 spiro atoms. The number of anilines is 1. The van der Waals surface area contributed by atoms with E-state index in [0.29, 0.717) is 5.75 Å². The summed E-state index contributed by atoms with van der Waals surface area (Å²) < 4.78 is 4.65. The lowest BCUT2D eigenvalue weighted by Gasteiger charge is -2.47. The minimum Gasteiger partial charge on any atom is -0.478 e. The Kier molecular flexibility index (Phi) is 7.22. The lowest BCUT2D eigenvalue weighted by molar-refractivity contribution is -0.148. The van der Waals surface area contributed by atoms with Crippen LogP contribution in [0.1, 0.15) is 5.69 Å². The average molecular weight is 504 g/mol.